The van der Waals surface area contributed by atoms with Crippen molar-refractivity contribution in [2.45, 2.75) is 13.0 Å². The van der Waals surface area contributed by atoms with Crippen LogP contribution in [0.5, 0.6) is 0 Å². The van der Waals surface area contributed by atoms with Crippen molar-refractivity contribution < 1.29 is 9.15 Å². The van der Waals surface area contributed by atoms with Gasteiger partial charge in [0.1, 0.15) is 6.04 Å². The summed E-state index contributed by atoms with van der Waals surface area (Å²) in [5, 5.41) is 0. The first-order valence-electron chi connectivity index (χ1n) is 4.69. The van der Waals surface area contributed by atoms with E-state index in [9.17, 15) is 0 Å². The van der Waals surface area contributed by atoms with Gasteiger partial charge < -0.3 is 14.9 Å². The van der Waals surface area contributed by atoms with Gasteiger partial charge in [0.15, 0.2) is 11.2 Å². The van der Waals surface area contributed by atoms with Crippen LogP contribution in [-0.2, 0) is 4.74 Å². The third-order valence-corrected chi connectivity index (χ3v) is 2.07. The smallest absolute Gasteiger partial charge is 0.216 e. The first kappa shape index (κ1) is 10.1. The van der Waals surface area contributed by atoms with Crippen molar-refractivity contribution >= 4 is 11.2 Å². The van der Waals surface area contributed by atoms with E-state index in [2.05, 4.69) is 9.97 Å². The quantitative estimate of drug-likeness (QED) is 0.817. The molecule has 0 amide bonds. The molecular weight excluding hydrogens is 194 g/mol. The number of hydrogen-bond donors (Lipinski definition) is 1. The number of hydrogen-bond acceptors (Lipinski definition) is 5. The Labute approximate surface area is 87.3 Å². The lowest BCUT2D eigenvalue weighted by atomic mass is 10.3. The highest BCUT2D eigenvalue weighted by Crippen LogP contribution is 2.17. The second-order valence-corrected chi connectivity index (χ2v) is 3.39. The van der Waals surface area contributed by atoms with Crippen LogP contribution in [0.3, 0.4) is 0 Å². The molecule has 15 heavy (non-hydrogen) atoms. The van der Waals surface area contributed by atoms with Crippen molar-refractivity contribution in [3.63, 3.8) is 0 Å². The number of nitrogens with two attached hydrogens (primary N) is 1. The van der Waals surface area contributed by atoms with Crippen molar-refractivity contribution in [2.75, 3.05) is 13.7 Å². The Morgan fingerprint density at radius 1 is 1.47 bits per heavy atom. The molecule has 0 aromatic carbocycles. The summed E-state index contributed by atoms with van der Waals surface area (Å²) in [4.78, 5) is 8.45. The standard InChI is InChI=1S/C10H13N3O2/c1-6-3-4-8-9(12-6)13-10(15-8)7(11)5-14-2/h3-4,7H,5,11H2,1-2H3. The number of ether oxygens (including phenoxy) is 1. The molecular formula is C10H13N3O2. The van der Waals surface area contributed by atoms with Crippen molar-refractivity contribution in [3.05, 3.63) is 23.7 Å². The molecule has 2 rings (SSSR count). The van der Waals surface area contributed by atoms with Gasteiger partial charge in [-0.1, -0.05) is 0 Å². The summed E-state index contributed by atoms with van der Waals surface area (Å²) in [5.74, 6) is 0.463. The summed E-state index contributed by atoms with van der Waals surface area (Å²) in [6, 6.07) is 3.37. The summed E-state index contributed by atoms with van der Waals surface area (Å²) in [6.07, 6.45) is 0. The fourth-order valence-electron chi connectivity index (χ4n) is 1.34. The molecule has 0 aliphatic rings. The zero-order valence-corrected chi connectivity index (χ0v) is 8.73. The molecule has 5 heteroatoms. The van der Waals surface area contributed by atoms with Crippen molar-refractivity contribution in [2.24, 2.45) is 5.73 Å². The Morgan fingerprint density at radius 3 is 3.00 bits per heavy atom. The molecule has 1 atom stereocenters. The first-order valence-corrected chi connectivity index (χ1v) is 4.69. The van der Waals surface area contributed by atoms with Crippen molar-refractivity contribution in [1.29, 1.82) is 0 Å². The minimum Gasteiger partial charge on any atom is -0.437 e. The average Bonchev–Trinajstić information content (AvgIpc) is 2.60. The monoisotopic (exact) mass is 207 g/mol. The van der Waals surface area contributed by atoms with Crippen LogP contribution in [0.2, 0.25) is 0 Å². The van der Waals surface area contributed by atoms with Crippen LogP contribution in [0.1, 0.15) is 17.6 Å². The fourth-order valence-corrected chi connectivity index (χ4v) is 1.34. The molecule has 1 unspecified atom stereocenters. The molecule has 2 aromatic heterocycles. The molecule has 0 aliphatic heterocycles. The molecule has 0 aliphatic carbocycles. The number of fused-ring (bicyclic) bond motifs is 1. The van der Waals surface area contributed by atoms with Gasteiger partial charge in [-0.05, 0) is 19.1 Å². The van der Waals surface area contributed by atoms with Gasteiger partial charge >= 0.3 is 0 Å². The zero-order valence-electron chi connectivity index (χ0n) is 8.73. The lowest BCUT2D eigenvalue weighted by molar-refractivity contribution is 0.171. The van der Waals surface area contributed by atoms with E-state index in [-0.39, 0.29) is 6.04 Å². The molecule has 0 fully saturated rings. The van der Waals surface area contributed by atoms with Crippen LogP contribution in [0.4, 0.5) is 0 Å². The third kappa shape index (κ3) is 1.98. The molecule has 2 aromatic rings. The number of aromatic nitrogens is 2. The molecule has 5 nitrogen and oxygen atoms in total. The lowest BCUT2D eigenvalue weighted by Crippen LogP contribution is -2.16. The number of rotatable bonds is 3. The highest BCUT2D eigenvalue weighted by atomic mass is 16.5. The Morgan fingerprint density at radius 2 is 2.27 bits per heavy atom. The van der Waals surface area contributed by atoms with E-state index in [1.54, 1.807) is 7.11 Å². The lowest BCUT2D eigenvalue weighted by Gasteiger charge is -2.03. The summed E-state index contributed by atoms with van der Waals surface area (Å²) in [5.41, 5.74) is 7.95. The minimum atomic E-state index is -0.343. The van der Waals surface area contributed by atoms with E-state index in [4.69, 9.17) is 14.9 Å². The highest BCUT2D eigenvalue weighted by molar-refractivity contribution is 5.67. The van der Waals surface area contributed by atoms with Gasteiger partial charge in [-0.3, -0.25) is 0 Å². The summed E-state index contributed by atoms with van der Waals surface area (Å²) < 4.78 is 10.4. The predicted molar refractivity (Wildman–Crippen MR) is 55.3 cm³/mol. The van der Waals surface area contributed by atoms with Gasteiger partial charge in [-0.15, -0.1) is 0 Å². The van der Waals surface area contributed by atoms with E-state index in [0.717, 1.165) is 5.69 Å². The van der Waals surface area contributed by atoms with Crippen LogP contribution in [0.25, 0.3) is 11.2 Å². The van der Waals surface area contributed by atoms with Gasteiger partial charge in [-0.25, -0.2) is 4.98 Å². The molecule has 0 saturated heterocycles. The number of methoxy groups -OCH3 is 1. The number of pyridine rings is 1. The molecule has 2 N–H and O–H groups in total. The highest BCUT2D eigenvalue weighted by Gasteiger charge is 2.14. The van der Waals surface area contributed by atoms with Crippen LogP contribution in [-0.4, -0.2) is 23.7 Å². The van der Waals surface area contributed by atoms with Crippen LogP contribution in [0, 0.1) is 6.92 Å². The van der Waals surface area contributed by atoms with Gasteiger partial charge in [0.05, 0.1) is 6.61 Å². The molecule has 80 valence electrons. The number of nitrogens with zero attached hydrogens (tertiary/aromatic N) is 2. The van der Waals surface area contributed by atoms with Crippen molar-refractivity contribution in [3.8, 4) is 0 Å². The van der Waals surface area contributed by atoms with E-state index >= 15 is 0 Å². The van der Waals surface area contributed by atoms with E-state index < -0.39 is 0 Å². The van der Waals surface area contributed by atoms with E-state index in [1.807, 2.05) is 19.1 Å². The van der Waals surface area contributed by atoms with Gasteiger partial charge in [0, 0.05) is 12.8 Å². The van der Waals surface area contributed by atoms with Crippen molar-refractivity contribution in [1.82, 2.24) is 9.97 Å². The zero-order chi connectivity index (χ0) is 10.8. The van der Waals surface area contributed by atoms with E-state index in [1.165, 1.54) is 0 Å². The largest absolute Gasteiger partial charge is 0.437 e. The SMILES string of the molecule is COCC(N)c1nc2nc(C)ccc2o1. The topological polar surface area (TPSA) is 74.2 Å². The van der Waals surface area contributed by atoms with Gasteiger partial charge in [0.2, 0.25) is 5.89 Å². The summed E-state index contributed by atoms with van der Waals surface area (Å²) >= 11 is 0. The molecule has 2 heterocycles. The van der Waals surface area contributed by atoms with Crippen LogP contribution < -0.4 is 5.73 Å². The summed E-state index contributed by atoms with van der Waals surface area (Å²) in [6.45, 7) is 2.29. The van der Waals surface area contributed by atoms with Crippen LogP contribution >= 0.6 is 0 Å². The molecule has 0 bridgehead atoms. The molecule has 0 spiro atoms. The Kier molecular flexibility index (Phi) is 2.66. The van der Waals surface area contributed by atoms with Gasteiger partial charge in [0.25, 0.3) is 0 Å². The first-order chi connectivity index (χ1) is 7.20. The normalized spacial score (nSPS) is 13.3. The maximum atomic E-state index is 5.80. The van der Waals surface area contributed by atoms with Gasteiger partial charge in [-0.2, -0.15) is 4.98 Å². The Bertz CT molecular complexity index is 467. The number of oxazole rings is 1. The Balaban J connectivity index is 2.38. The fraction of sp³-hybridized carbons (Fsp3) is 0.400. The summed E-state index contributed by atoms with van der Waals surface area (Å²) in [7, 11) is 1.59. The predicted octanol–water partition coefficient (Wildman–Crippen LogP) is 1.18. The second-order valence-electron chi connectivity index (χ2n) is 3.39. The third-order valence-electron chi connectivity index (χ3n) is 2.07. The second kappa shape index (κ2) is 3.96. The number of aryl methyl sites for hydroxylation is 1. The molecule has 0 radical (unpaired) electrons. The molecule has 0 saturated carbocycles. The Hall–Kier alpha value is -1.46. The maximum Gasteiger partial charge on any atom is 0.216 e. The van der Waals surface area contributed by atoms with E-state index in [0.29, 0.717) is 23.7 Å². The average molecular weight is 207 g/mol. The van der Waals surface area contributed by atoms with Crippen LogP contribution in [0.15, 0.2) is 16.5 Å². The maximum absolute atomic E-state index is 5.80. The minimum absolute atomic E-state index is 0.343.